The third kappa shape index (κ3) is 3.28. The SMILES string of the molecule is CCOC(=O)Cc1c(C)[nH]n(-c2ccc([N+](=O)[O-])cc2F)c1=O. The van der Waals surface area contributed by atoms with Crippen LogP contribution < -0.4 is 5.56 Å². The predicted octanol–water partition coefficient (Wildman–Crippen LogP) is 1.63. The van der Waals surface area contributed by atoms with E-state index >= 15 is 0 Å². The van der Waals surface area contributed by atoms with E-state index in [1.165, 1.54) is 0 Å². The second-order valence-corrected chi connectivity index (χ2v) is 4.73. The lowest BCUT2D eigenvalue weighted by molar-refractivity contribution is -0.385. The molecular weight excluding hydrogens is 309 g/mol. The maximum atomic E-state index is 14.0. The number of aryl methyl sites for hydroxylation is 1. The number of esters is 1. The van der Waals surface area contributed by atoms with Gasteiger partial charge < -0.3 is 4.74 Å². The first-order valence-corrected chi connectivity index (χ1v) is 6.75. The van der Waals surface area contributed by atoms with Crippen LogP contribution in [0, 0.1) is 22.9 Å². The lowest BCUT2D eigenvalue weighted by Crippen LogP contribution is -2.21. The Kier molecular flexibility index (Phi) is 4.58. The molecule has 0 saturated carbocycles. The standard InChI is InChI=1S/C14H14FN3O5/c1-3-23-13(19)7-10-8(2)16-17(14(10)20)12-5-4-9(18(21)22)6-11(12)15/h4-6,16H,3,7H2,1-2H3. The number of carbonyl (C=O) groups excluding carboxylic acids is 1. The Hall–Kier alpha value is -2.97. The van der Waals surface area contributed by atoms with Crippen LogP contribution in [-0.2, 0) is 16.0 Å². The number of halogens is 1. The molecule has 8 nitrogen and oxygen atoms in total. The molecule has 0 saturated heterocycles. The van der Waals surface area contributed by atoms with Gasteiger partial charge in [0, 0.05) is 11.8 Å². The van der Waals surface area contributed by atoms with Crippen molar-refractivity contribution in [3.63, 3.8) is 0 Å². The number of H-pyrrole nitrogens is 1. The van der Waals surface area contributed by atoms with Crippen molar-refractivity contribution in [1.29, 1.82) is 0 Å². The van der Waals surface area contributed by atoms with Gasteiger partial charge in [-0.25, -0.2) is 9.07 Å². The van der Waals surface area contributed by atoms with Gasteiger partial charge in [-0.15, -0.1) is 0 Å². The van der Waals surface area contributed by atoms with Crippen molar-refractivity contribution in [3.05, 3.63) is 55.7 Å². The molecule has 0 fully saturated rings. The smallest absolute Gasteiger partial charge is 0.310 e. The molecule has 9 heteroatoms. The monoisotopic (exact) mass is 323 g/mol. The quantitative estimate of drug-likeness (QED) is 0.511. The van der Waals surface area contributed by atoms with E-state index in [1.54, 1.807) is 13.8 Å². The average Bonchev–Trinajstić information content (AvgIpc) is 2.75. The maximum absolute atomic E-state index is 14.0. The molecule has 0 bridgehead atoms. The Morgan fingerprint density at radius 1 is 1.48 bits per heavy atom. The summed E-state index contributed by atoms with van der Waals surface area (Å²) in [5, 5.41) is 13.3. The molecule has 1 heterocycles. The summed E-state index contributed by atoms with van der Waals surface area (Å²) in [6, 6.07) is 2.94. The highest BCUT2D eigenvalue weighted by molar-refractivity contribution is 5.72. The van der Waals surface area contributed by atoms with Crippen LogP contribution in [0.2, 0.25) is 0 Å². The number of hydrogen-bond acceptors (Lipinski definition) is 5. The van der Waals surface area contributed by atoms with Gasteiger partial charge in [0.25, 0.3) is 11.2 Å². The maximum Gasteiger partial charge on any atom is 0.310 e. The van der Waals surface area contributed by atoms with Crippen LogP contribution >= 0.6 is 0 Å². The summed E-state index contributed by atoms with van der Waals surface area (Å²) in [6.07, 6.45) is -0.239. The van der Waals surface area contributed by atoms with Crippen LogP contribution in [0.3, 0.4) is 0 Å². The van der Waals surface area contributed by atoms with Crippen molar-refractivity contribution >= 4 is 11.7 Å². The number of nitro benzene ring substituents is 1. The molecule has 122 valence electrons. The number of aromatic nitrogens is 2. The fourth-order valence-electron chi connectivity index (χ4n) is 2.11. The Balaban J connectivity index is 2.44. The van der Waals surface area contributed by atoms with Gasteiger partial charge in [0.1, 0.15) is 5.69 Å². The zero-order valence-electron chi connectivity index (χ0n) is 12.5. The summed E-state index contributed by atoms with van der Waals surface area (Å²) in [5.74, 6) is -1.49. The highest BCUT2D eigenvalue weighted by Gasteiger charge is 2.19. The number of nitro groups is 1. The fourth-order valence-corrected chi connectivity index (χ4v) is 2.11. The van der Waals surface area contributed by atoms with E-state index in [4.69, 9.17) is 4.74 Å². The van der Waals surface area contributed by atoms with Crippen LogP contribution in [0.1, 0.15) is 18.2 Å². The lowest BCUT2D eigenvalue weighted by atomic mass is 10.2. The Morgan fingerprint density at radius 3 is 2.74 bits per heavy atom. The number of nitrogens with zero attached hydrogens (tertiary/aromatic N) is 2. The molecule has 1 N–H and O–H groups in total. The average molecular weight is 323 g/mol. The van der Waals surface area contributed by atoms with Crippen LogP contribution in [-0.4, -0.2) is 27.3 Å². The number of carbonyl (C=O) groups is 1. The van der Waals surface area contributed by atoms with Gasteiger partial charge in [0.15, 0.2) is 5.82 Å². The molecule has 23 heavy (non-hydrogen) atoms. The minimum atomic E-state index is -0.926. The Labute approximate surface area is 129 Å². The summed E-state index contributed by atoms with van der Waals surface area (Å²) < 4.78 is 19.7. The molecule has 2 rings (SSSR count). The number of hydrogen-bond donors (Lipinski definition) is 1. The van der Waals surface area contributed by atoms with E-state index in [1.807, 2.05) is 0 Å². The summed E-state index contributed by atoms with van der Waals surface area (Å²) >= 11 is 0. The van der Waals surface area contributed by atoms with Crippen LogP contribution in [0.15, 0.2) is 23.0 Å². The second-order valence-electron chi connectivity index (χ2n) is 4.73. The second kappa shape index (κ2) is 6.42. The zero-order chi connectivity index (χ0) is 17.1. The fraction of sp³-hybridized carbons (Fsp3) is 0.286. The first-order valence-electron chi connectivity index (χ1n) is 6.75. The van der Waals surface area contributed by atoms with Gasteiger partial charge >= 0.3 is 5.97 Å². The van der Waals surface area contributed by atoms with Crippen molar-refractivity contribution in [1.82, 2.24) is 9.78 Å². The van der Waals surface area contributed by atoms with Crippen molar-refractivity contribution in [2.45, 2.75) is 20.3 Å². The Bertz CT molecular complexity index is 824. The number of nitrogens with one attached hydrogen (secondary N) is 1. The van der Waals surface area contributed by atoms with Gasteiger partial charge in [-0.2, -0.15) is 0 Å². The first kappa shape index (κ1) is 16.4. The predicted molar refractivity (Wildman–Crippen MR) is 78.1 cm³/mol. The lowest BCUT2D eigenvalue weighted by Gasteiger charge is -2.03. The van der Waals surface area contributed by atoms with Crippen LogP contribution in [0.25, 0.3) is 5.69 Å². The number of non-ortho nitro benzene ring substituents is 1. The third-order valence-electron chi connectivity index (χ3n) is 3.20. The highest BCUT2D eigenvalue weighted by Crippen LogP contribution is 2.19. The van der Waals surface area contributed by atoms with E-state index in [9.17, 15) is 24.1 Å². The van der Waals surface area contributed by atoms with Gasteiger partial charge in [-0.3, -0.25) is 24.8 Å². The van der Waals surface area contributed by atoms with Gasteiger partial charge in [0.05, 0.1) is 29.6 Å². The number of ether oxygens (including phenoxy) is 1. The number of aromatic amines is 1. The normalized spacial score (nSPS) is 10.6. The van der Waals surface area contributed by atoms with E-state index < -0.39 is 28.0 Å². The molecule has 0 unspecified atom stereocenters. The van der Waals surface area contributed by atoms with Gasteiger partial charge in [-0.1, -0.05) is 0 Å². The number of rotatable bonds is 5. The van der Waals surface area contributed by atoms with Crippen molar-refractivity contribution in [2.24, 2.45) is 0 Å². The third-order valence-corrected chi connectivity index (χ3v) is 3.20. The summed E-state index contributed by atoms with van der Waals surface area (Å²) in [4.78, 5) is 33.7. The molecule has 0 atom stereocenters. The van der Waals surface area contributed by atoms with Crippen molar-refractivity contribution in [3.8, 4) is 5.69 Å². The molecule has 0 spiro atoms. The molecule has 0 aliphatic rings. The number of benzene rings is 1. The summed E-state index contributed by atoms with van der Waals surface area (Å²) in [5.41, 5.74) is -0.654. The van der Waals surface area contributed by atoms with Crippen molar-refractivity contribution < 1.29 is 18.8 Å². The van der Waals surface area contributed by atoms with Gasteiger partial charge in [0.2, 0.25) is 0 Å². The molecule has 0 aliphatic heterocycles. The minimum Gasteiger partial charge on any atom is -0.466 e. The molecule has 0 radical (unpaired) electrons. The van der Waals surface area contributed by atoms with E-state index in [0.29, 0.717) is 5.69 Å². The Morgan fingerprint density at radius 2 is 2.17 bits per heavy atom. The summed E-state index contributed by atoms with van der Waals surface area (Å²) in [6.45, 7) is 3.40. The van der Waals surface area contributed by atoms with Crippen LogP contribution in [0.4, 0.5) is 10.1 Å². The first-order chi connectivity index (χ1) is 10.8. The van der Waals surface area contributed by atoms with Gasteiger partial charge in [-0.05, 0) is 19.9 Å². The highest BCUT2D eigenvalue weighted by atomic mass is 19.1. The van der Waals surface area contributed by atoms with E-state index in [0.717, 1.165) is 22.9 Å². The summed E-state index contributed by atoms with van der Waals surface area (Å²) in [7, 11) is 0. The molecule has 2 aromatic rings. The largest absolute Gasteiger partial charge is 0.466 e. The molecule has 1 aromatic heterocycles. The zero-order valence-corrected chi connectivity index (χ0v) is 12.5. The van der Waals surface area contributed by atoms with E-state index in [2.05, 4.69) is 5.10 Å². The molecule has 0 aliphatic carbocycles. The van der Waals surface area contributed by atoms with E-state index in [-0.39, 0.29) is 24.3 Å². The minimum absolute atomic E-state index is 0.154. The molecular formula is C14H14FN3O5. The molecule has 0 amide bonds. The molecule has 1 aromatic carbocycles. The topological polar surface area (TPSA) is 107 Å². The van der Waals surface area contributed by atoms with Crippen LogP contribution in [0.5, 0.6) is 0 Å². The van der Waals surface area contributed by atoms with Crippen molar-refractivity contribution in [2.75, 3.05) is 6.61 Å².